The molecule has 9 nitrogen and oxygen atoms in total. The van der Waals surface area contributed by atoms with Crippen LogP contribution >= 0.6 is 0 Å². The van der Waals surface area contributed by atoms with Crippen LogP contribution in [0.4, 0.5) is 0 Å². The second-order valence-electron chi connectivity index (χ2n) is 8.54. The molecule has 0 radical (unpaired) electrons. The number of rotatable bonds is 8. The molecule has 2 aliphatic heterocycles. The number of para-hydroxylation sites is 1. The van der Waals surface area contributed by atoms with E-state index in [2.05, 4.69) is 14.9 Å². The number of likely N-dealkylation sites (N-methyl/N-ethyl adjacent to an activating group) is 1. The third-order valence-electron chi connectivity index (χ3n) is 6.17. The number of hydrogen-bond donors (Lipinski definition) is 0. The molecule has 0 bridgehead atoms. The van der Waals surface area contributed by atoms with Gasteiger partial charge in [0, 0.05) is 48.4 Å². The van der Waals surface area contributed by atoms with Crippen molar-refractivity contribution in [3.63, 3.8) is 0 Å². The van der Waals surface area contributed by atoms with Gasteiger partial charge in [0.1, 0.15) is 12.5 Å². The summed E-state index contributed by atoms with van der Waals surface area (Å²) in [5.41, 5.74) is 3.15. The predicted molar refractivity (Wildman–Crippen MR) is 128 cm³/mol. The predicted octanol–water partition coefficient (Wildman–Crippen LogP) is 3.11. The van der Waals surface area contributed by atoms with Crippen molar-refractivity contribution in [1.82, 2.24) is 9.88 Å². The van der Waals surface area contributed by atoms with Crippen LogP contribution in [-0.2, 0) is 25.6 Å². The van der Waals surface area contributed by atoms with E-state index in [0.29, 0.717) is 47.1 Å². The van der Waals surface area contributed by atoms with Crippen LogP contribution in [0.15, 0.2) is 59.0 Å². The fourth-order valence-corrected chi connectivity index (χ4v) is 4.52. The standard InChI is InChI=1S/C26H29N3O6/c1-16-21(25(30)32-4)23(19-6-5-7-20-24(19)35-15-34-20)22(17(2)28-16)26(31)33-13-12-29(3)14-18-8-10-27-11-9-18/h5-11,21,23H,12-15H2,1-4H3. The van der Waals surface area contributed by atoms with E-state index in [0.717, 1.165) is 5.56 Å². The SMILES string of the molecule is COC(=O)C1C(C)=NC(C)=C(C(=O)OCCN(C)Cc2ccncc2)C1c1cccc2c1OCO2. The molecule has 2 unspecified atom stereocenters. The van der Waals surface area contributed by atoms with Crippen molar-refractivity contribution < 1.29 is 28.5 Å². The maximum absolute atomic E-state index is 13.4. The summed E-state index contributed by atoms with van der Waals surface area (Å²) >= 11 is 0. The smallest absolute Gasteiger partial charge is 0.336 e. The molecule has 0 N–H and O–H groups in total. The fourth-order valence-electron chi connectivity index (χ4n) is 4.52. The summed E-state index contributed by atoms with van der Waals surface area (Å²) in [5, 5.41) is 0. The Hall–Kier alpha value is -3.72. The van der Waals surface area contributed by atoms with Gasteiger partial charge >= 0.3 is 11.9 Å². The highest BCUT2D eigenvalue weighted by atomic mass is 16.7. The molecule has 1 aromatic heterocycles. The molecule has 184 valence electrons. The van der Waals surface area contributed by atoms with Crippen molar-refractivity contribution in [2.24, 2.45) is 10.9 Å². The van der Waals surface area contributed by atoms with Gasteiger partial charge in [0.2, 0.25) is 6.79 Å². The Kier molecular flexibility index (Phi) is 7.45. The Bertz CT molecular complexity index is 1160. The minimum Gasteiger partial charge on any atom is -0.468 e. The second kappa shape index (κ2) is 10.7. The molecule has 1 aromatic carbocycles. The van der Waals surface area contributed by atoms with Crippen molar-refractivity contribution in [1.29, 1.82) is 0 Å². The summed E-state index contributed by atoms with van der Waals surface area (Å²) in [5.74, 6) is -1.41. The molecule has 2 aliphatic rings. The zero-order chi connectivity index (χ0) is 24.9. The number of ether oxygens (including phenoxy) is 4. The van der Waals surface area contributed by atoms with Gasteiger partial charge in [0.25, 0.3) is 0 Å². The average molecular weight is 480 g/mol. The quantitative estimate of drug-likeness (QED) is 0.533. The molecule has 0 fully saturated rings. The van der Waals surface area contributed by atoms with E-state index in [1.54, 1.807) is 32.3 Å². The lowest BCUT2D eigenvalue weighted by atomic mass is 9.75. The van der Waals surface area contributed by atoms with E-state index in [-0.39, 0.29) is 13.4 Å². The minimum atomic E-state index is -0.795. The molecule has 0 amide bonds. The zero-order valence-electron chi connectivity index (χ0n) is 20.3. The first-order valence-corrected chi connectivity index (χ1v) is 11.4. The van der Waals surface area contributed by atoms with E-state index in [1.165, 1.54) is 7.11 Å². The number of carbonyl (C=O) groups is 2. The lowest BCUT2D eigenvalue weighted by Gasteiger charge is -2.31. The number of hydrogen-bond acceptors (Lipinski definition) is 9. The molecule has 0 saturated heterocycles. The second-order valence-corrected chi connectivity index (χ2v) is 8.54. The van der Waals surface area contributed by atoms with E-state index < -0.39 is 23.8 Å². The third-order valence-corrected chi connectivity index (χ3v) is 6.17. The lowest BCUT2D eigenvalue weighted by Crippen LogP contribution is -2.36. The van der Waals surface area contributed by atoms with Crippen molar-refractivity contribution in [2.45, 2.75) is 26.3 Å². The number of fused-ring (bicyclic) bond motifs is 1. The molecule has 0 spiro atoms. The van der Waals surface area contributed by atoms with Crippen molar-refractivity contribution in [3.8, 4) is 11.5 Å². The van der Waals surface area contributed by atoms with Gasteiger partial charge in [-0.3, -0.25) is 19.7 Å². The Morgan fingerprint density at radius 3 is 2.66 bits per heavy atom. The Balaban J connectivity index is 1.57. The number of methoxy groups -OCH3 is 1. The molecule has 35 heavy (non-hydrogen) atoms. The Morgan fingerprint density at radius 1 is 1.14 bits per heavy atom. The van der Waals surface area contributed by atoms with Crippen LogP contribution in [-0.4, -0.2) is 61.6 Å². The number of nitrogens with zero attached hydrogens (tertiary/aromatic N) is 3. The van der Waals surface area contributed by atoms with Gasteiger partial charge in [-0.2, -0.15) is 0 Å². The maximum Gasteiger partial charge on any atom is 0.336 e. The number of aliphatic imine (C=N–C) groups is 1. The molecule has 0 aliphatic carbocycles. The summed E-state index contributed by atoms with van der Waals surface area (Å²) in [6.07, 6.45) is 3.49. The third kappa shape index (κ3) is 5.19. The fraction of sp³-hybridized carbons (Fsp3) is 0.385. The zero-order valence-corrected chi connectivity index (χ0v) is 20.3. The molecule has 9 heteroatoms. The van der Waals surface area contributed by atoms with Crippen molar-refractivity contribution >= 4 is 17.7 Å². The summed E-state index contributed by atoms with van der Waals surface area (Å²) in [7, 11) is 3.28. The molecule has 0 saturated carbocycles. The first-order chi connectivity index (χ1) is 16.9. The van der Waals surface area contributed by atoms with E-state index >= 15 is 0 Å². The normalized spacial score (nSPS) is 18.9. The van der Waals surface area contributed by atoms with E-state index in [9.17, 15) is 9.59 Å². The monoisotopic (exact) mass is 479 g/mol. The van der Waals surface area contributed by atoms with E-state index in [4.69, 9.17) is 18.9 Å². The van der Waals surface area contributed by atoms with Crippen LogP contribution in [0.5, 0.6) is 11.5 Å². The molecular formula is C26H29N3O6. The highest BCUT2D eigenvalue weighted by molar-refractivity contribution is 6.07. The minimum absolute atomic E-state index is 0.0708. The Labute approximate surface area is 204 Å². The van der Waals surface area contributed by atoms with Gasteiger partial charge in [-0.1, -0.05) is 12.1 Å². The summed E-state index contributed by atoms with van der Waals surface area (Å²) in [6, 6.07) is 9.32. The molecule has 2 atom stereocenters. The van der Waals surface area contributed by atoms with Crippen LogP contribution < -0.4 is 9.47 Å². The van der Waals surface area contributed by atoms with Crippen LogP contribution in [0.3, 0.4) is 0 Å². The molecule has 2 aromatic rings. The van der Waals surface area contributed by atoms with Gasteiger partial charge < -0.3 is 18.9 Å². The van der Waals surface area contributed by atoms with Crippen LogP contribution in [0.2, 0.25) is 0 Å². The number of esters is 2. The number of benzene rings is 1. The van der Waals surface area contributed by atoms with Crippen molar-refractivity contribution in [3.05, 3.63) is 65.1 Å². The topological polar surface area (TPSA) is 99.5 Å². The first-order valence-electron chi connectivity index (χ1n) is 11.4. The van der Waals surface area contributed by atoms with Gasteiger partial charge in [0.05, 0.1) is 12.7 Å². The summed E-state index contributed by atoms with van der Waals surface area (Å²) in [4.78, 5) is 36.8. The number of pyridine rings is 1. The highest BCUT2D eigenvalue weighted by Crippen LogP contribution is 2.47. The molecule has 3 heterocycles. The average Bonchev–Trinajstić information content (AvgIpc) is 3.33. The van der Waals surface area contributed by atoms with Crippen LogP contribution in [0, 0.1) is 5.92 Å². The number of aromatic nitrogens is 1. The largest absolute Gasteiger partial charge is 0.468 e. The van der Waals surface area contributed by atoms with E-state index in [1.807, 2.05) is 31.3 Å². The number of allylic oxidation sites excluding steroid dienone is 1. The molecule has 4 rings (SSSR count). The number of carbonyl (C=O) groups excluding carboxylic acids is 2. The molecular weight excluding hydrogens is 450 g/mol. The highest BCUT2D eigenvalue weighted by Gasteiger charge is 2.44. The summed E-state index contributed by atoms with van der Waals surface area (Å²) in [6.45, 7) is 4.99. The van der Waals surface area contributed by atoms with Gasteiger partial charge in [-0.25, -0.2) is 4.79 Å². The van der Waals surface area contributed by atoms with Crippen LogP contribution in [0.1, 0.15) is 30.9 Å². The summed E-state index contributed by atoms with van der Waals surface area (Å²) < 4.78 is 22.0. The van der Waals surface area contributed by atoms with Gasteiger partial charge in [-0.15, -0.1) is 0 Å². The Morgan fingerprint density at radius 2 is 1.91 bits per heavy atom. The van der Waals surface area contributed by atoms with Crippen LogP contribution in [0.25, 0.3) is 0 Å². The lowest BCUT2D eigenvalue weighted by molar-refractivity contribution is -0.144. The van der Waals surface area contributed by atoms with Gasteiger partial charge in [0.15, 0.2) is 11.5 Å². The first kappa shape index (κ1) is 24.4. The maximum atomic E-state index is 13.4. The van der Waals surface area contributed by atoms with Gasteiger partial charge in [-0.05, 0) is 44.7 Å². The van der Waals surface area contributed by atoms with Crippen molar-refractivity contribution in [2.75, 3.05) is 34.1 Å².